The standard InChI is InChI=1S/C11H14FNO/c12-10-5-8(6-13-7-10)4-9-2-1-3-11(9)14/h5-7,9,11,14H,1-4H2. The molecule has 0 radical (unpaired) electrons. The topological polar surface area (TPSA) is 33.1 Å². The zero-order valence-electron chi connectivity index (χ0n) is 7.99. The summed E-state index contributed by atoms with van der Waals surface area (Å²) < 4.78 is 12.8. The van der Waals surface area contributed by atoms with E-state index in [0.717, 1.165) is 31.2 Å². The van der Waals surface area contributed by atoms with Gasteiger partial charge >= 0.3 is 0 Å². The molecular weight excluding hydrogens is 181 g/mol. The van der Waals surface area contributed by atoms with E-state index in [4.69, 9.17) is 0 Å². The normalized spacial score (nSPS) is 26.7. The minimum Gasteiger partial charge on any atom is -0.393 e. The molecule has 0 spiro atoms. The molecule has 1 heterocycles. The van der Waals surface area contributed by atoms with E-state index in [-0.39, 0.29) is 11.9 Å². The summed E-state index contributed by atoms with van der Waals surface area (Å²) in [6, 6.07) is 1.50. The van der Waals surface area contributed by atoms with E-state index in [1.54, 1.807) is 6.20 Å². The van der Waals surface area contributed by atoms with Crippen LogP contribution in [0.3, 0.4) is 0 Å². The molecule has 0 aromatic carbocycles. The van der Waals surface area contributed by atoms with Gasteiger partial charge in [-0.05, 0) is 36.8 Å². The second kappa shape index (κ2) is 4.05. The van der Waals surface area contributed by atoms with Crippen molar-refractivity contribution >= 4 is 0 Å². The molecule has 2 unspecified atom stereocenters. The van der Waals surface area contributed by atoms with E-state index in [1.807, 2.05) is 0 Å². The van der Waals surface area contributed by atoms with Gasteiger partial charge in [-0.2, -0.15) is 0 Å². The van der Waals surface area contributed by atoms with Crippen molar-refractivity contribution < 1.29 is 9.50 Å². The SMILES string of the molecule is OC1CCCC1Cc1cncc(F)c1. The Morgan fingerprint density at radius 1 is 1.43 bits per heavy atom. The molecule has 1 fully saturated rings. The van der Waals surface area contributed by atoms with Crippen molar-refractivity contribution in [1.82, 2.24) is 4.98 Å². The summed E-state index contributed by atoms with van der Waals surface area (Å²) >= 11 is 0. The number of halogens is 1. The van der Waals surface area contributed by atoms with Crippen molar-refractivity contribution in [2.75, 3.05) is 0 Å². The molecule has 0 amide bonds. The fraction of sp³-hybridized carbons (Fsp3) is 0.545. The molecule has 0 aliphatic heterocycles. The Morgan fingerprint density at radius 2 is 2.29 bits per heavy atom. The maximum Gasteiger partial charge on any atom is 0.141 e. The van der Waals surface area contributed by atoms with Crippen LogP contribution in [0.15, 0.2) is 18.5 Å². The predicted octanol–water partition coefficient (Wildman–Crippen LogP) is 1.92. The molecule has 2 atom stereocenters. The maximum atomic E-state index is 12.8. The first-order chi connectivity index (χ1) is 6.75. The Labute approximate surface area is 82.8 Å². The van der Waals surface area contributed by atoms with Gasteiger partial charge in [-0.15, -0.1) is 0 Å². The second-order valence-electron chi connectivity index (χ2n) is 3.97. The van der Waals surface area contributed by atoms with Crippen LogP contribution >= 0.6 is 0 Å². The third-order valence-corrected chi connectivity index (χ3v) is 2.88. The van der Waals surface area contributed by atoms with Gasteiger partial charge in [-0.3, -0.25) is 4.98 Å². The smallest absolute Gasteiger partial charge is 0.141 e. The molecule has 0 bridgehead atoms. The number of nitrogens with zero attached hydrogens (tertiary/aromatic N) is 1. The van der Waals surface area contributed by atoms with E-state index >= 15 is 0 Å². The van der Waals surface area contributed by atoms with Gasteiger partial charge < -0.3 is 5.11 Å². The summed E-state index contributed by atoms with van der Waals surface area (Å²) in [6.45, 7) is 0. The minimum absolute atomic E-state index is 0.210. The minimum atomic E-state index is -0.296. The van der Waals surface area contributed by atoms with Crippen molar-refractivity contribution in [3.8, 4) is 0 Å². The third kappa shape index (κ3) is 2.10. The predicted molar refractivity (Wildman–Crippen MR) is 51.2 cm³/mol. The van der Waals surface area contributed by atoms with Crippen LogP contribution in [0.4, 0.5) is 4.39 Å². The molecule has 1 aromatic heterocycles. The van der Waals surface area contributed by atoms with Crippen LogP contribution in [-0.2, 0) is 6.42 Å². The van der Waals surface area contributed by atoms with Crippen LogP contribution in [0.5, 0.6) is 0 Å². The molecule has 76 valence electrons. The number of hydrogen-bond acceptors (Lipinski definition) is 2. The number of aliphatic hydroxyl groups is 1. The Bertz CT molecular complexity index is 316. The largest absolute Gasteiger partial charge is 0.393 e. The van der Waals surface area contributed by atoms with Crippen LogP contribution in [0, 0.1) is 11.7 Å². The van der Waals surface area contributed by atoms with Crippen LogP contribution in [-0.4, -0.2) is 16.2 Å². The van der Waals surface area contributed by atoms with E-state index < -0.39 is 0 Å². The zero-order valence-corrected chi connectivity index (χ0v) is 7.99. The quantitative estimate of drug-likeness (QED) is 0.782. The molecule has 14 heavy (non-hydrogen) atoms. The fourth-order valence-corrected chi connectivity index (χ4v) is 2.13. The van der Waals surface area contributed by atoms with E-state index in [1.165, 1.54) is 12.3 Å². The molecule has 2 nitrogen and oxygen atoms in total. The van der Waals surface area contributed by atoms with Crippen LogP contribution in [0.1, 0.15) is 24.8 Å². The summed E-state index contributed by atoms with van der Waals surface area (Å²) in [5, 5.41) is 9.61. The summed E-state index contributed by atoms with van der Waals surface area (Å²) in [4.78, 5) is 3.79. The van der Waals surface area contributed by atoms with Gasteiger partial charge in [-0.1, -0.05) is 6.42 Å². The van der Waals surface area contributed by atoms with Crippen LogP contribution < -0.4 is 0 Å². The van der Waals surface area contributed by atoms with Crippen LogP contribution in [0.2, 0.25) is 0 Å². The number of aromatic nitrogens is 1. The molecule has 0 saturated heterocycles. The molecule has 1 aliphatic carbocycles. The highest BCUT2D eigenvalue weighted by Crippen LogP contribution is 2.28. The molecule has 2 rings (SSSR count). The first-order valence-electron chi connectivity index (χ1n) is 5.03. The lowest BCUT2D eigenvalue weighted by Crippen LogP contribution is -2.15. The van der Waals surface area contributed by atoms with Crippen LogP contribution in [0.25, 0.3) is 0 Å². The van der Waals surface area contributed by atoms with Gasteiger partial charge in [0, 0.05) is 6.20 Å². The number of hydrogen-bond donors (Lipinski definition) is 1. The molecule has 1 aromatic rings. The Kier molecular flexibility index (Phi) is 2.77. The highest BCUT2D eigenvalue weighted by molar-refractivity contribution is 5.11. The van der Waals surface area contributed by atoms with Gasteiger partial charge in [0.2, 0.25) is 0 Å². The average Bonchev–Trinajstić information content (AvgIpc) is 2.52. The van der Waals surface area contributed by atoms with Gasteiger partial charge in [0.05, 0.1) is 12.3 Å². The lowest BCUT2D eigenvalue weighted by atomic mass is 9.97. The second-order valence-corrected chi connectivity index (χ2v) is 3.97. The van der Waals surface area contributed by atoms with Gasteiger partial charge in [-0.25, -0.2) is 4.39 Å². The number of rotatable bonds is 2. The number of aliphatic hydroxyl groups excluding tert-OH is 1. The van der Waals surface area contributed by atoms with E-state index in [2.05, 4.69) is 4.98 Å². The summed E-state index contributed by atoms with van der Waals surface area (Å²) in [6.07, 6.45) is 6.41. The summed E-state index contributed by atoms with van der Waals surface area (Å²) in [5.41, 5.74) is 0.885. The fourth-order valence-electron chi connectivity index (χ4n) is 2.13. The monoisotopic (exact) mass is 195 g/mol. The Balaban J connectivity index is 2.03. The van der Waals surface area contributed by atoms with Crippen molar-refractivity contribution in [3.63, 3.8) is 0 Å². The molecule has 1 aliphatic rings. The molecule has 1 saturated carbocycles. The number of pyridine rings is 1. The first kappa shape index (κ1) is 9.59. The first-order valence-corrected chi connectivity index (χ1v) is 5.03. The lowest BCUT2D eigenvalue weighted by molar-refractivity contribution is 0.132. The van der Waals surface area contributed by atoms with Crippen molar-refractivity contribution in [2.24, 2.45) is 5.92 Å². The highest BCUT2D eigenvalue weighted by Gasteiger charge is 2.25. The lowest BCUT2D eigenvalue weighted by Gasteiger charge is -2.13. The summed E-state index contributed by atoms with van der Waals surface area (Å²) in [7, 11) is 0. The third-order valence-electron chi connectivity index (χ3n) is 2.88. The molecule has 3 heteroatoms. The van der Waals surface area contributed by atoms with Gasteiger partial charge in [0.25, 0.3) is 0 Å². The van der Waals surface area contributed by atoms with E-state index in [0.29, 0.717) is 5.92 Å². The highest BCUT2D eigenvalue weighted by atomic mass is 19.1. The Hall–Kier alpha value is -0.960. The summed E-state index contributed by atoms with van der Waals surface area (Å²) in [5.74, 6) is -0.00594. The zero-order chi connectivity index (χ0) is 9.97. The molecule has 1 N–H and O–H groups in total. The Morgan fingerprint density at radius 3 is 2.93 bits per heavy atom. The molecular formula is C11H14FNO. The van der Waals surface area contributed by atoms with Crippen molar-refractivity contribution in [1.29, 1.82) is 0 Å². The van der Waals surface area contributed by atoms with Crippen molar-refractivity contribution in [3.05, 3.63) is 29.8 Å². The maximum absolute atomic E-state index is 12.8. The average molecular weight is 195 g/mol. The van der Waals surface area contributed by atoms with Crippen molar-refractivity contribution in [2.45, 2.75) is 31.8 Å². The van der Waals surface area contributed by atoms with Gasteiger partial charge in [0.15, 0.2) is 0 Å². The van der Waals surface area contributed by atoms with Gasteiger partial charge in [0.1, 0.15) is 5.82 Å². The van der Waals surface area contributed by atoms with E-state index in [9.17, 15) is 9.50 Å².